The summed E-state index contributed by atoms with van der Waals surface area (Å²) in [6, 6.07) is 11.3. The molecule has 7 rings (SSSR count). The van der Waals surface area contributed by atoms with Gasteiger partial charge < -0.3 is 24.6 Å². The topological polar surface area (TPSA) is 134 Å². The summed E-state index contributed by atoms with van der Waals surface area (Å²) in [5, 5.41) is 2.92. The number of rotatable bonds is 3. The lowest BCUT2D eigenvalue weighted by Gasteiger charge is -2.44. The Bertz CT molecular complexity index is 1800. The number of ketones is 1. The molecule has 2 aliphatic carbocycles. The number of halogens is 1. The standard InChI is InChI=1S/C32H37ClN2O5S.C7H14N2O2/c1-20-5-3-7-29(36)26-11-8-24(26)17-35-18-32(14-4-6-22-15-25(33)10-12-27(22)32)19-40-30-13-9-23(16-28(30)35)31(37)34-41(38,39)21(20)2;1-11-5-4-9-3-2-8-6-7(9)10/h3,7,9-10,12-13,15-16,20-21,24,26H,4-6,8,11,14,17-19H2,1-2H3,(H,34,37);8H,2-6H2,1H3/b7-3+;/t20-,21+,24-,26+,32-;/m0./s1. The number of ether oxygens (including phenoxy) is 2. The highest BCUT2D eigenvalue weighted by molar-refractivity contribution is 7.90. The molecule has 1 saturated heterocycles. The van der Waals surface area contributed by atoms with Crippen LogP contribution >= 0.6 is 11.6 Å². The highest BCUT2D eigenvalue weighted by Crippen LogP contribution is 2.46. The number of carbonyl (C=O) groups is 3. The predicted octanol–water partition coefficient (Wildman–Crippen LogP) is 4.52. The molecule has 2 bridgehead atoms. The van der Waals surface area contributed by atoms with E-state index in [1.807, 2.05) is 17.9 Å². The van der Waals surface area contributed by atoms with E-state index >= 15 is 0 Å². The van der Waals surface area contributed by atoms with Crippen molar-refractivity contribution in [3.63, 3.8) is 0 Å². The van der Waals surface area contributed by atoms with Gasteiger partial charge in [0.1, 0.15) is 5.75 Å². The summed E-state index contributed by atoms with van der Waals surface area (Å²) in [5.74, 6) is 0.142. The molecule has 5 aliphatic rings. The van der Waals surface area contributed by atoms with Gasteiger partial charge >= 0.3 is 0 Å². The van der Waals surface area contributed by atoms with Crippen molar-refractivity contribution in [3.8, 4) is 5.75 Å². The van der Waals surface area contributed by atoms with Crippen LogP contribution in [0, 0.1) is 17.8 Å². The smallest absolute Gasteiger partial charge is 0.264 e. The molecule has 2 fully saturated rings. The lowest BCUT2D eigenvalue weighted by Crippen LogP contribution is -2.49. The monoisotopic (exact) mass is 754 g/mol. The Morgan fingerprint density at radius 3 is 2.67 bits per heavy atom. The summed E-state index contributed by atoms with van der Waals surface area (Å²) in [7, 11) is -2.29. The number of amides is 2. The van der Waals surface area contributed by atoms with Gasteiger partial charge in [-0.05, 0) is 105 Å². The van der Waals surface area contributed by atoms with E-state index in [4.69, 9.17) is 21.1 Å². The zero-order chi connectivity index (χ0) is 37.0. The number of methoxy groups -OCH3 is 1. The van der Waals surface area contributed by atoms with Crippen LogP contribution in [-0.4, -0.2) is 95.8 Å². The van der Waals surface area contributed by atoms with Crippen molar-refractivity contribution in [2.24, 2.45) is 17.8 Å². The van der Waals surface area contributed by atoms with E-state index in [-0.39, 0.29) is 40.4 Å². The molecule has 282 valence electrons. The Hall–Kier alpha value is -3.45. The molecule has 0 aromatic heterocycles. The van der Waals surface area contributed by atoms with Crippen LogP contribution in [0.4, 0.5) is 5.69 Å². The number of hydrogen-bond acceptors (Lipinski definition) is 9. The quantitative estimate of drug-likeness (QED) is 0.464. The second kappa shape index (κ2) is 16.3. The van der Waals surface area contributed by atoms with E-state index in [2.05, 4.69) is 27.1 Å². The number of aryl methyl sites for hydroxylation is 1. The van der Waals surface area contributed by atoms with Crippen LogP contribution in [0.2, 0.25) is 5.02 Å². The number of allylic oxidation sites excluding steroid dienone is 2. The number of hydrogen-bond donors (Lipinski definition) is 2. The summed E-state index contributed by atoms with van der Waals surface area (Å²) in [5.41, 5.74) is 3.22. The maximum atomic E-state index is 13.3. The normalized spacial score (nSPS) is 29.3. The first-order valence-corrected chi connectivity index (χ1v) is 20.4. The summed E-state index contributed by atoms with van der Waals surface area (Å²) in [6.07, 6.45) is 8.60. The second-order valence-electron chi connectivity index (χ2n) is 15.0. The van der Waals surface area contributed by atoms with Crippen LogP contribution < -0.4 is 19.7 Å². The van der Waals surface area contributed by atoms with Gasteiger partial charge in [-0.2, -0.15) is 0 Å². The molecule has 0 radical (unpaired) electrons. The molecule has 13 heteroatoms. The number of anilines is 1. The molecule has 3 heterocycles. The van der Waals surface area contributed by atoms with E-state index in [1.54, 1.807) is 44.4 Å². The first kappa shape index (κ1) is 38.3. The Balaban J connectivity index is 0.000000362. The number of sulfonamides is 1. The maximum absolute atomic E-state index is 13.3. The Labute approximate surface area is 312 Å². The van der Waals surface area contributed by atoms with Crippen molar-refractivity contribution in [3.05, 3.63) is 70.3 Å². The molecule has 2 aromatic rings. The first-order valence-electron chi connectivity index (χ1n) is 18.5. The molecule has 2 N–H and O–H groups in total. The van der Waals surface area contributed by atoms with Crippen molar-refractivity contribution in [2.75, 3.05) is 64.5 Å². The highest BCUT2D eigenvalue weighted by atomic mass is 35.5. The lowest BCUT2D eigenvalue weighted by molar-refractivity contribution is -0.132. The fourth-order valence-electron chi connectivity index (χ4n) is 8.09. The van der Waals surface area contributed by atoms with Gasteiger partial charge in [-0.3, -0.25) is 14.4 Å². The molecule has 1 saturated carbocycles. The van der Waals surface area contributed by atoms with Crippen molar-refractivity contribution < 1.29 is 32.3 Å². The Morgan fingerprint density at radius 2 is 1.92 bits per heavy atom. The van der Waals surface area contributed by atoms with E-state index in [0.717, 1.165) is 62.4 Å². The van der Waals surface area contributed by atoms with Crippen LogP contribution in [0.3, 0.4) is 0 Å². The predicted molar refractivity (Wildman–Crippen MR) is 202 cm³/mol. The Morgan fingerprint density at radius 1 is 1.10 bits per heavy atom. The molecule has 0 unspecified atom stereocenters. The van der Waals surface area contributed by atoms with Gasteiger partial charge in [-0.25, -0.2) is 13.1 Å². The molecular weight excluding hydrogens is 704 g/mol. The minimum atomic E-state index is -3.93. The summed E-state index contributed by atoms with van der Waals surface area (Å²) in [4.78, 5) is 41.7. The van der Waals surface area contributed by atoms with Gasteiger partial charge in [0.15, 0.2) is 5.78 Å². The van der Waals surface area contributed by atoms with E-state index < -0.39 is 21.2 Å². The van der Waals surface area contributed by atoms with Crippen LogP contribution in [0.25, 0.3) is 0 Å². The third kappa shape index (κ3) is 8.35. The number of piperazine rings is 1. The van der Waals surface area contributed by atoms with E-state index in [1.165, 1.54) is 11.1 Å². The highest BCUT2D eigenvalue weighted by Gasteiger charge is 2.44. The van der Waals surface area contributed by atoms with Gasteiger partial charge in [0.25, 0.3) is 5.91 Å². The number of nitrogens with one attached hydrogen (secondary N) is 2. The van der Waals surface area contributed by atoms with E-state index in [9.17, 15) is 22.8 Å². The lowest BCUT2D eigenvalue weighted by atomic mass is 9.68. The maximum Gasteiger partial charge on any atom is 0.264 e. The minimum Gasteiger partial charge on any atom is -0.490 e. The molecule has 11 nitrogen and oxygen atoms in total. The average Bonchev–Trinajstić information content (AvgIpc) is 3.25. The fraction of sp³-hybridized carbons (Fsp3) is 0.564. The molecular formula is C39H51ClN4O7S. The van der Waals surface area contributed by atoms with Gasteiger partial charge in [0.2, 0.25) is 15.9 Å². The zero-order valence-corrected chi connectivity index (χ0v) is 31.9. The number of benzene rings is 2. The number of nitrogens with zero attached hydrogens (tertiary/aromatic N) is 2. The van der Waals surface area contributed by atoms with Gasteiger partial charge in [-0.15, -0.1) is 0 Å². The van der Waals surface area contributed by atoms with Gasteiger partial charge in [0.05, 0.1) is 30.7 Å². The zero-order valence-electron chi connectivity index (χ0n) is 30.4. The fourth-order valence-corrected chi connectivity index (χ4v) is 9.56. The number of carbonyl (C=O) groups excluding carboxylic acids is 3. The average molecular weight is 755 g/mol. The van der Waals surface area contributed by atoms with Crippen LogP contribution in [-0.2, 0) is 36.2 Å². The van der Waals surface area contributed by atoms with Gasteiger partial charge in [0, 0.05) is 61.8 Å². The molecule has 2 amide bonds. The van der Waals surface area contributed by atoms with Crippen molar-refractivity contribution in [2.45, 2.75) is 63.0 Å². The SMILES string of the molecule is COCCN1CCNCC1=O.C[C@@H]1[C@@H](C)C/C=C/C(=O)[C@@H]2CC[C@H]2CN2C[C@@]3(CCCc4cc(Cl)ccc43)COc3ccc(cc32)C(=O)NS1(=O)=O. The molecule has 1 spiro atoms. The summed E-state index contributed by atoms with van der Waals surface area (Å²) >= 11 is 6.37. The van der Waals surface area contributed by atoms with Crippen molar-refractivity contribution >= 4 is 44.9 Å². The number of fused-ring (bicyclic) bond motifs is 4. The van der Waals surface area contributed by atoms with E-state index in [0.29, 0.717) is 45.0 Å². The minimum absolute atomic E-state index is 0.0666. The molecule has 2 aromatic carbocycles. The van der Waals surface area contributed by atoms with Crippen LogP contribution in [0.5, 0.6) is 5.75 Å². The summed E-state index contributed by atoms with van der Waals surface area (Å²) < 4.78 is 39.9. The van der Waals surface area contributed by atoms with Gasteiger partial charge in [-0.1, -0.05) is 30.7 Å². The molecule has 52 heavy (non-hydrogen) atoms. The van der Waals surface area contributed by atoms with Crippen molar-refractivity contribution in [1.29, 1.82) is 0 Å². The largest absolute Gasteiger partial charge is 0.490 e. The third-order valence-electron chi connectivity index (χ3n) is 11.6. The third-order valence-corrected chi connectivity index (χ3v) is 13.8. The van der Waals surface area contributed by atoms with Crippen molar-refractivity contribution in [1.82, 2.24) is 14.9 Å². The Kier molecular flexibility index (Phi) is 12.0. The molecule has 3 aliphatic heterocycles. The van der Waals surface area contributed by atoms with Crippen LogP contribution in [0.1, 0.15) is 67.4 Å². The second-order valence-corrected chi connectivity index (χ2v) is 17.5. The molecule has 5 atom stereocenters. The summed E-state index contributed by atoms with van der Waals surface area (Å²) in [6.45, 7) is 8.76. The van der Waals surface area contributed by atoms with Crippen LogP contribution in [0.15, 0.2) is 48.6 Å². The first-order chi connectivity index (χ1) is 24.9.